The van der Waals surface area contributed by atoms with Crippen LogP contribution >= 0.6 is 23.2 Å². The van der Waals surface area contributed by atoms with Crippen LogP contribution in [0.4, 0.5) is 9.18 Å². The Bertz CT molecular complexity index is 1680. The van der Waals surface area contributed by atoms with Crippen LogP contribution in [0.1, 0.15) is 38.8 Å². The van der Waals surface area contributed by atoms with E-state index in [1.807, 2.05) is 0 Å². The van der Waals surface area contributed by atoms with E-state index in [1.165, 1.54) is 17.0 Å². The number of ether oxygens (including phenoxy) is 1. The summed E-state index contributed by atoms with van der Waals surface area (Å²) >= 11 is 12.7. The van der Waals surface area contributed by atoms with Gasteiger partial charge in [-0.2, -0.15) is 0 Å². The molecule has 2 N–H and O–H groups in total. The highest BCUT2D eigenvalue weighted by Crippen LogP contribution is 2.35. The van der Waals surface area contributed by atoms with Crippen LogP contribution in [-0.4, -0.2) is 55.1 Å². The van der Waals surface area contributed by atoms with Crippen molar-refractivity contribution in [1.82, 2.24) is 30.2 Å². The van der Waals surface area contributed by atoms with Crippen LogP contribution in [0.3, 0.4) is 0 Å². The minimum absolute atomic E-state index is 0.0940. The first-order valence-electron chi connectivity index (χ1n) is 12.8. The minimum atomic E-state index is -0.903. The zero-order chi connectivity index (χ0) is 29.5. The number of H-pyrrole nitrogens is 1. The molecule has 1 saturated heterocycles. The monoisotopic (exact) mass is 600 g/mol. The Labute approximate surface area is 244 Å². The van der Waals surface area contributed by atoms with Gasteiger partial charge in [-0.15, -0.1) is 5.10 Å². The van der Waals surface area contributed by atoms with Crippen molar-refractivity contribution in [2.24, 2.45) is 0 Å². The summed E-state index contributed by atoms with van der Waals surface area (Å²) in [6.45, 7) is 5.25. The number of pyridine rings is 1. The molecule has 1 unspecified atom stereocenters. The van der Waals surface area contributed by atoms with Crippen molar-refractivity contribution in [3.05, 3.63) is 80.4 Å². The van der Waals surface area contributed by atoms with Gasteiger partial charge in [-0.05, 0) is 62.6 Å². The van der Waals surface area contributed by atoms with Crippen LogP contribution in [0.25, 0.3) is 22.2 Å². The number of aromatic nitrogens is 4. The topological polar surface area (TPSA) is 122 Å². The summed E-state index contributed by atoms with van der Waals surface area (Å²) in [6, 6.07) is 9.46. The number of hydrogen-bond donors (Lipinski definition) is 2. The van der Waals surface area contributed by atoms with Crippen LogP contribution in [0, 0.1) is 5.82 Å². The fraction of sp³-hybridized carbons (Fsp3) is 0.321. The second kappa shape index (κ2) is 11.1. The van der Waals surface area contributed by atoms with Gasteiger partial charge >= 0.3 is 6.09 Å². The highest BCUT2D eigenvalue weighted by Gasteiger charge is 2.42. The van der Waals surface area contributed by atoms with E-state index in [4.69, 9.17) is 27.9 Å². The van der Waals surface area contributed by atoms with Gasteiger partial charge in [0.25, 0.3) is 5.56 Å². The number of hydrogen-bond acceptors (Lipinski definition) is 6. The quantitative estimate of drug-likeness (QED) is 0.328. The first kappa shape index (κ1) is 28.6. The van der Waals surface area contributed by atoms with E-state index >= 15 is 0 Å². The second-order valence-electron chi connectivity index (χ2n) is 10.8. The zero-order valence-corrected chi connectivity index (χ0v) is 24.0. The third-order valence-corrected chi connectivity index (χ3v) is 7.28. The number of carbonyl (C=O) groups is 2. The van der Waals surface area contributed by atoms with Gasteiger partial charge in [-0.25, -0.2) is 13.9 Å². The molecule has 2 atom stereocenters. The largest absolute Gasteiger partial charge is 0.444 e. The van der Waals surface area contributed by atoms with Crippen molar-refractivity contribution in [2.45, 2.75) is 51.4 Å². The number of halogens is 3. The van der Waals surface area contributed by atoms with Crippen molar-refractivity contribution >= 4 is 46.1 Å². The summed E-state index contributed by atoms with van der Waals surface area (Å²) in [5, 5.41) is 12.6. The van der Waals surface area contributed by atoms with Crippen LogP contribution in [0.5, 0.6) is 0 Å². The van der Waals surface area contributed by atoms with Gasteiger partial charge < -0.3 is 15.0 Å². The molecular weight excluding hydrogens is 574 g/mol. The molecule has 0 spiro atoms. The highest BCUT2D eigenvalue weighted by molar-refractivity contribution is 6.39. The van der Waals surface area contributed by atoms with Gasteiger partial charge in [0.1, 0.15) is 23.2 Å². The molecule has 0 bridgehead atoms. The molecule has 1 aliphatic heterocycles. The predicted octanol–water partition coefficient (Wildman–Crippen LogP) is 5.10. The van der Waals surface area contributed by atoms with E-state index in [0.717, 1.165) is 0 Å². The number of nitrogens with zero attached hydrogens (tertiary/aromatic N) is 4. The summed E-state index contributed by atoms with van der Waals surface area (Å²) in [5.41, 5.74) is 0.382. The first-order chi connectivity index (χ1) is 19.4. The maximum Gasteiger partial charge on any atom is 0.411 e. The Morgan fingerprint density at radius 1 is 1.17 bits per heavy atom. The molecule has 2 amide bonds. The fourth-order valence-electron chi connectivity index (χ4n) is 4.74. The molecule has 10 nitrogen and oxygen atoms in total. The van der Waals surface area contributed by atoms with Crippen LogP contribution < -0.4 is 10.9 Å². The number of fused-ring (bicyclic) bond motifs is 1. The molecule has 0 radical (unpaired) electrons. The van der Waals surface area contributed by atoms with E-state index in [2.05, 4.69) is 20.6 Å². The molecule has 1 aliphatic rings. The van der Waals surface area contributed by atoms with Gasteiger partial charge in [-0.3, -0.25) is 14.5 Å². The van der Waals surface area contributed by atoms with Gasteiger partial charge in [0.2, 0.25) is 5.91 Å². The SMILES string of the molecule is CC(C)(C)OC(=O)N1CC(n2cc(-c3c(Cl)cccc3Cl)nn2)C[C@H]1C(=O)NCc1cc2ccc(F)cc2[nH]c1=O. The van der Waals surface area contributed by atoms with E-state index in [1.54, 1.807) is 62.0 Å². The molecule has 2 aromatic carbocycles. The molecule has 13 heteroatoms. The summed E-state index contributed by atoms with van der Waals surface area (Å²) in [4.78, 5) is 43.1. The Hall–Kier alpha value is -3.96. The lowest BCUT2D eigenvalue weighted by Gasteiger charge is -2.27. The molecule has 2 aromatic heterocycles. The van der Waals surface area contributed by atoms with E-state index < -0.39 is 41.1 Å². The number of rotatable bonds is 5. The number of likely N-dealkylation sites (tertiary alicyclic amines) is 1. The van der Waals surface area contributed by atoms with Crippen molar-refractivity contribution in [3.8, 4) is 11.3 Å². The molecule has 214 valence electrons. The number of amides is 2. The van der Waals surface area contributed by atoms with Gasteiger partial charge in [-0.1, -0.05) is 34.5 Å². The number of aromatic amines is 1. The molecule has 4 aromatic rings. The van der Waals surface area contributed by atoms with E-state index in [0.29, 0.717) is 32.2 Å². The summed E-state index contributed by atoms with van der Waals surface area (Å²) < 4.78 is 20.7. The zero-order valence-electron chi connectivity index (χ0n) is 22.5. The summed E-state index contributed by atoms with van der Waals surface area (Å²) in [6.07, 6.45) is 1.24. The first-order valence-corrected chi connectivity index (χ1v) is 13.6. The lowest BCUT2D eigenvalue weighted by atomic mass is 10.1. The maximum absolute atomic E-state index is 13.5. The van der Waals surface area contributed by atoms with Crippen molar-refractivity contribution in [3.63, 3.8) is 0 Å². The molecule has 3 heterocycles. The maximum atomic E-state index is 13.5. The van der Waals surface area contributed by atoms with E-state index in [9.17, 15) is 18.8 Å². The number of carbonyl (C=O) groups excluding carboxylic acids is 2. The van der Waals surface area contributed by atoms with Gasteiger partial charge in [0, 0.05) is 30.6 Å². The van der Waals surface area contributed by atoms with E-state index in [-0.39, 0.29) is 25.1 Å². The standard InChI is InChI=1S/C28H27Cl2FN6O4/c1-28(2,3)41-27(40)36-13-18(37-14-22(34-35-37)24-19(29)5-4-6-20(24)30)11-23(36)26(39)32-12-16-9-15-7-8-17(31)10-21(15)33-25(16)38/h4-10,14,18,23H,11-13H2,1-3H3,(H,32,39)(H,33,38)/t18?,23-/m0/s1. The lowest BCUT2D eigenvalue weighted by molar-refractivity contribution is -0.125. The third kappa shape index (κ3) is 6.20. The van der Waals surface area contributed by atoms with Crippen molar-refractivity contribution in [2.75, 3.05) is 6.54 Å². The number of benzene rings is 2. The smallest absolute Gasteiger partial charge is 0.411 e. The summed E-state index contributed by atoms with van der Waals surface area (Å²) in [5.74, 6) is -0.937. The number of nitrogens with one attached hydrogen (secondary N) is 2. The Morgan fingerprint density at radius 3 is 2.61 bits per heavy atom. The minimum Gasteiger partial charge on any atom is -0.444 e. The van der Waals surface area contributed by atoms with Crippen LogP contribution in [-0.2, 0) is 16.1 Å². The van der Waals surface area contributed by atoms with Crippen molar-refractivity contribution in [1.29, 1.82) is 0 Å². The van der Waals surface area contributed by atoms with Crippen LogP contribution in [0.15, 0.2) is 53.5 Å². The highest BCUT2D eigenvalue weighted by atomic mass is 35.5. The lowest BCUT2D eigenvalue weighted by Crippen LogP contribution is -2.47. The molecule has 0 aliphatic carbocycles. The second-order valence-corrected chi connectivity index (χ2v) is 11.6. The summed E-state index contributed by atoms with van der Waals surface area (Å²) in [7, 11) is 0. The fourth-order valence-corrected chi connectivity index (χ4v) is 5.33. The average molecular weight is 601 g/mol. The third-order valence-electron chi connectivity index (χ3n) is 6.65. The predicted molar refractivity (Wildman–Crippen MR) is 152 cm³/mol. The molecular formula is C28H27Cl2FN6O4. The van der Waals surface area contributed by atoms with Crippen LogP contribution in [0.2, 0.25) is 10.0 Å². The molecule has 1 fully saturated rings. The Kier molecular flexibility index (Phi) is 7.76. The molecule has 0 saturated carbocycles. The van der Waals surface area contributed by atoms with Gasteiger partial charge in [0.15, 0.2) is 0 Å². The molecule has 41 heavy (non-hydrogen) atoms. The average Bonchev–Trinajstić information content (AvgIpc) is 3.54. The van der Waals surface area contributed by atoms with Gasteiger partial charge in [0.05, 0.1) is 27.8 Å². The Balaban J connectivity index is 1.37. The normalized spacial score (nSPS) is 17.2. The molecule has 5 rings (SSSR count). The van der Waals surface area contributed by atoms with Crippen molar-refractivity contribution < 1.29 is 18.7 Å². The Morgan fingerprint density at radius 2 is 1.90 bits per heavy atom.